The second-order valence-corrected chi connectivity index (χ2v) is 14.5. The normalized spacial score (nSPS) is 16.0. The first kappa shape index (κ1) is 33.1. The van der Waals surface area contributed by atoms with Crippen molar-refractivity contribution in [1.82, 2.24) is 0 Å². The van der Waals surface area contributed by atoms with Crippen LogP contribution in [0, 0.1) is 0 Å². The van der Waals surface area contributed by atoms with Crippen LogP contribution in [0.4, 0.5) is 0 Å². The minimum atomic E-state index is -0.702. The van der Waals surface area contributed by atoms with E-state index in [-0.39, 0.29) is 25.4 Å². The van der Waals surface area contributed by atoms with Crippen LogP contribution >= 0.6 is 0 Å². The maximum Gasteiger partial charge on any atom is 0.122 e. The highest BCUT2D eigenvalue weighted by molar-refractivity contribution is 6.35. The molecule has 6 nitrogen and oxygen atoms in total. The smallest absolute Gasteiger partial charge is 0.122 e. The molecule has 0 aromatic heterocycles. The summed E-state index contributed by atoms with van der Waals surface area (Å²) < 4.78 is 25.2. The molecule has 4 unspecified atom stereocenters. The zero-order chi connectivity index (χ0) is 32.1. The Morgan fingerprint density at radius 3 is 1.31 bits per heavy atom. The topological polar surface area (TPSA) is 77.4 Å². The molecule has 4 aromatic carbocycles. The molecular weight excluding hydrogens is 597 g/mol. The van der Waals surface area contributed by atoms with Gasteiger partial charge in [-0.25, -0.2) is 0 Å². The van der Waals surface area contributed by atoms with E-state index in [9.17, 15) is 10.2 Å². The van der Waals surface area contributed by atoms with Crippen molar-refractivity contribution in [2.45, 2.75) is 57.5 Å². The lowest BCUT2D eigenvalue weighted by atomic mass is 9.67. The van der Waals surface area contributed by atoms with Gasteiger partial charge in [0.2, 0.25) is 0 Å². The van der Waals surface area contributed by atoms with E-state index in [2.05, 4.69) is 84.9 Å². The third kappa shape index (κ3) is 6.82. The second kappa shape index (κ2) is 14.5. The van der Waals surface area contributed by atoms with Gasteiger partial charge in [-0.2, -0.15) is 0 Å². The van der Waals surface area contributed by atoms with E-state index in [1.165, 1.54) is 32.6 Å². The van der Waals surface area contributed by atoms with Crippen LogP contribution in [0.15, 0.2) is 84.9 Å². The molecule has 0 spiro atoms. The molecule has 0 heterocycles. The summed E-state index contributed by atoms with van der Waals surface area (Å²) in [6.07, 6.45) is -1.46. The Bertz CT molecular complexity index is 1480. The lowest BCUT2D eigenvalue weighted by Crippen LogP contribution is -2.34. The largest absolute Gasteiger partial charge is 0.491 e. The van der Waals surface area contributed by atoms with Gasteiger partial charge in [0.15, 0.2) is 0 Å². The van der Waals surface area contributed by atoms with Crippen molar-refractivity contribution in [2.24, 2.45) is 0 Å². The Balaban J connectivity index is 1.71. The number of hydrogen-bond donors (Lipinski definition) is 2. The molecular formula is C37H46O6Si2. The molecule has 4 aromatic rings. The van der Waals surface area contributed by atoms with Crippen LogP contribution in [0.25, 0.3) is 11.1 Å². The number of rotatable bonds is 14. The maximum absolute atomic E-state index is 9.76. The van der Waals surface area contributed by atoms with Crippen LogP contribution in [-0.2, 0) is 14.9 Å². The van der Waals surface area contributed by atoms with E-state index in [4.69, 9.17) is 18.9 Å². The van der Waals surface area contributed by atoms with E-state index >= 15 is 0 Å². The highest BCUT2D eigenvalue weighted by atomic mass is 28.1. The summed E-state index contributed by atoms with van der Waals surface area (Å²) in [5.74, 6) is 1.75. The predicted molar refractivity (Wildman–Crippen MR) is 188 cm³/mol. The highest BCUT2D eigenvalue weighted by Crippen LogP contribution is 2.58. The van der Waals surface area contributed by atoms with Crippen LogP contribution in [0.1, 0.15) is 49.9 Å². The Morgan fingerprint density at radius 1 is 0.533 bits per heavy atom. The van der Waals surface area contributed by atoms with Gasteiger partial charge in [0, 0.05) is 31.6 Å². The van der Waals surface area contributed by atoms with Crippen molar-refractivity contribution < 1.29 is 29.2 Å². The zero-order valence-electron chi connectivity index (χ0n) is 27.2. The van der Waals surface area contributed by atoms with Gasteiger partial charge in [-0.15, -0.1) is 0 Å². The van der Waals surface area contributed by atoms with E-state index < -0.39 is 17.6 Å². The summed E-state index contributed by atoms with van der Waals surface area (Å²) in [5.41, 5.74) is 6.23. The van der Waals surface area contributed by atoms with Crippen molar-refractivity contribution in [3.8, 4) is 22.6 Å². The Morgan fingerprint density at radius 2 is 0.911 bits per heavy atom. The minimum absolute atomic E-state index is 0.195. The number of para-hydroxylation sites is 2. The lowest BCUT2D eigenvalue weighted by Gasteiger charge is -2.37. The molecule has 0 radical (unpaired) electrons. The van der Waals surface area contributed by atoms with Gasteiger partial charge < -0.3 is 29.2 Å². The lowest BCUT2D eigenvalue weighted by molar-refractivity contribution is -0.0134. The molecule has 4 atom stereocenters. The Hall–Kier alpha value is -3.25. The standard InChI is InChI=1S/C37H46O6Si2/c1-23(38)19-40-25(3)21-42-35-31(15-9-17-33(35)44)37(29-13-7-5-11-27(29)28-12-6-8-14-30(28)37)32-16-10-18-34(45)36(32)43-22-26(4)41-20-24(2)39/h5-18,23-26,38-39H,19-22H2,1-4,44-45H3. The Kier molecular flexibility index (Phi) is 10.6. The molecule has 5 rings (SSSR count). The summed E-state index contributed by atoms with van der Waals surface area (Å²) in [6.45, 7) is 8.65. The SMILES string of the molecule is CC(O)COC(C)COc1c([SiH3])cccc1C1(c2cccc([SiH3])c2OCC(C)OCC(C)O)c2ccccc2-c2ccccc21. The van der Waals surface area contributed by atoms with Crippen molar-refractivity contribution in [3.63, 3.8) is 0 Å². The quantitative estimate of drug-likeness (QED) is 0.181. The molecule has 2 N–H and O–H groups in total. The molecule has 0 aliphatic heterocycles. The summed E-state index contributed by atoms with van der Waals surface area (Å²) in [7, 11) is 1.59. The van der Waals surface area contributed by atoms with Crippen LogP contribution in [0.2, 0.25) is 0 Å². The number of benzene rings is 4. The van der Waals surface area contributed by atoms with Gasteiger partial charge >= 0.3 is 0 Å². The predicted octanol–water partition coefficient (Wildman–Crippen LogP) is 2.36. The van der Waals surface area contributed by atoms with E-state index in [1.54, 1.807) is 13.8 Å². The molecule has 0 fully saturated rings. The number of aliphatic hydroxyl groups excluding tert-OH is 2. The number of aliphatic hydroxyl groups is 2. The maximum atomic E-state index is 9.76. The van der Waals surface area contributed by atoms with Gasteiger partial charge in [0.1, 0.15) is 24.7 Å². The number of ether oxygens (including phenoxy) is 4. The van der Waals surface area contributed by atoms with Gasteiger partial charge in [0.25, 0.3) is 0 Å². The van der Waals surface area contributed by atoms with Crippen LogP contribution in [0.3, 0.4) is 0 Å². The first-order valence-corrected chi connectivity index (χ1v) is 17.9. The van der Waals surface area contributed by atoms with Crippen LogP contribution in [-0.4, -0.2) is 81.5 Å². The fourth-order valence-electron chi connectivity index (χ4n) is 6.34. The number of hydrogen-bond acceptors (Lipinski definition) is 6. The third-order valence-corrected chi connectivity index (χ3v) is 9.93. The van der Waals surface area contributed by atoms with Gasteiger partial charge in [-0.3, -0.25) is 0 Å². The molecule has 0 amide bonds. The summed E-state index contributed by atoms with van der Waals surface area (Å²) in [4.78, 5) is 0. The Labute approximate surface area is 273 Å². The van der Waals surface area contributed by atoms with Crippen LogP contribution in [0.5, 0.6) is 11.5 Å². The second-order valence-electron chi connectivity index (χ2n) is 12.4. The van der Waals surface area contributed by atoms with E-state index in [0.717, 1.165) is 43.1 Å². The number of fused-ring (bicyclic) bond motifs is 3. The third-order valence-electron chi connectivity index (χ3n) is 8.35. The van der Waals surface area contributed by atoms with Crippen LogP contribution < -0.4 is 19.8 Å². The molecule has 238 valence electrons. The molecule has 1 aliphatic carbocycles. The molecule has 0 bridgehead atoms. The average Bonchev–Trinajstić information content (AvgIpc) is 3.32. The monoisotopic (exact) mass is 642 g/mol. The highest BCUT2D eigenvalue weighted by Gasteiger charge is 2.49. The fraction of sp³-hybridized carbons (Fsp3) is 0.351. The first-order valence-electron chi connectivity index (χ1n) is 15.9. The van der Waals surface area contributed by atoms with Gasteiger partial charge in [0.05, 0.1) is 43.0 Å². The van der Waals surface area contributed by atoms with Crippen molar-refractivity contribution in [3.05, 3.63) is 107 Å². The molecule has 0 saturated heterocycles. The van der Waals surface area contributed by atoms with Crippen molar-refractivity contribution in [1.29, 1.82) is 0 Å². The summed E-state index contributed by atoms with van der Waals surface area (Å²) in [5, 5.41) is 21.8. The van der Waals surface area contributed by atoms with Gasteiger partial charge in [-0.1, -0.05) is 84.9 Å². The average molecular weight is 643 g/mol. The van der Waals surface area contributed by atoms with E-state index in [1.807, 2.05) is 13.8 Å². The minimum Gasteiger partial charge on any atom is -0.491 e. The first-order chi connectivity index (χ1) is 21.6. The van der Waals surface area contributed by atoms with Gasteiger partial charge in [-0.05, 0) is 60.3 Å². The molecule has 0 saturated carbocycles. The van der Waals surface area contributed by atoms with E-state index in [0.29, 0.717) is 13.2 Å². The molecule has 45 heavy (non-hydrogen) atoms. The van der Waals surface area contributed by atoms with Crippen molar-refractivity contribution >= 4 is 30.9 Å². The molecule has 1 aliphatic rings. The molecule has 8 heteroatoms. The summed E-state index contributed by atoms with van der Waals surface area (Å²) in [6, 6.07) is 30.3. The summed E-state index contributed by atoms with van der Waals surface area (Å²) >= 11 is 0. The fourth-order valence-corrected chi connectivity index (χ4v) is 7.56. The van der Waals surface area contributed by atoms with Crippen molar-refractivity contribution in [2.75, 3.05) is 26.4 Å². The zero-order valence-corrected chi connectivity index (χ0v) is 31.2.